The summed E-state index contributed by atoms with van der Waals surface area (Å²) in [5.41, 5.74) is 10.8. The lowest BCUT2D eigenvalue weighted by Gasteiger charge is -2.41. The normalized spacial score (nSPS) is 19.2. The number of hydrogen-bond donors (Lipinski definition) is 5. The Hall–Kier alpha value is -3.22. The molecule has 2 aromatic rings. The van der Waals surface area contributed by atoms with Crippen LogP contribution in [0.15, 0.2) is 10.5 Å². The number of thiazole rings is 1. The molecule has 15 nitrogen and oxygen atoms in total. The molecule has 1 aliphatic rings. The number of oxime groups is 1. The van der Waals surface area contributed by atoms with Crippen LogP contribution >= 0.6 is 22.7 Å². The van der Waals surface area contributed by atoms with Gasteiger partial charge in [-0.3, -0.25) is 19.6 Å². The second-order valence-corrected chi connectivity index (χ2v) is 8.75. The Morgan fingerprint density at radius 3 is 2.78 bits per heavy atom. The van der Waals surface area contributed by atoms with Crippen LogP contribution in [0.2, 0.25) is 0 Å². The number of anilines is 1. The summed E-state index contributed by atoms with van der Waals surface area (Å²) in [4.78, 5) is 33.8. The number of ether oxygens (including phenoxy) is 1. The van der Waals surface area contributed by atoms with Gasteiger partial charge in [0, 0.05) is 5.38 Å². The van der Waals surface area contributed by atoms with E-state index in [1.165, 1.54) is 12.3 Å². The molecule has 7 N–H and O–H groups in total. The molecule has 3 heterocycles. The molecule has 2 aromatic heterocycles. The summed E-state index contributed by atoms with van der Waals surface area (Å²) in [7, 11) is 0. The van der Waals surface area contributed by atoms with Crippen molar-refractivity contribution >= 4 is 62.4 Å². The van der Waals surface area contributed by atoms with Gasteiger partial charge in [0.2, 0.25) is 0 Å². The first kappa shape index (κ1) is 23.4. The Labute approximate surface area is 190 Å². The molecule has 1 aliphatic heterocycles. The Balaban J connectivity index is 1.60. The summed E-state index contributed by atoms with van der Waals surface area (Å²) >= 11 is -0.422. The van der Waals surface area contributed by atoms with Crippen molar-refractivity contribution in [3.8, 4) is 5.19 Å². The van der Waals surface area contributed by atoms with Crippen LogP contribution in [-0.4, -0.2) is 76.9 Å². The third-order valence-corrected chi connectivity index (χ3v) is 6.35. The van der Waals surface area contributed by atoms with E-state index in [2.05, 4.69) is 25.7 Å². The van der Waals surface area contributed by atoms with Gasteiger partial charge >= 0.3 is 0 Å². The van der Waals surface area contributed by atoms with E-state index in [1.807, 2.05) is 0 Å². The van der Waals surface area contributed by atoms with Crippen molar-refractivity contribution in [2.45, 2.75) is 19.0 Å². The third kappa shape index (κ3) is 5.15. The molecule has 0 radical (unpaired) electrons. The smallest absolute Gasteiger partial charge is 0.294 e. The van der Waals surface area contributed by atoms with Crippen LogP contribution in [0.25, 0.3) is 0 Å². The largest absolute Gasteiger partial charge is 0.465 e. The van der Waals surface area contributed by atoms with E-state index in [0.29, 0.717) is 0 Å². The maximum absolute atomic E-state index is 12.7. The Morgan fingerprint density at radius 2 is 2.22 bits per heavy atom. The fourth-order valence-corrected chi connectivity index (χ4v) is 4.27. The zero-order chi connectivity index (χ0) is 23.4. The summed E-state index contributed by atoms with van der Waals surface area (Å²) in [6, 6.07) is -1.70. The number of rotatable bonds is 10. The topological polar surface area (TPSA) is 232 Å². The SMILES string of the molecule is CC1C(NC(=O)C(=NOCCOc2nnc(C(=N)N)s2)c2csc(N)n2)C(=O)N1S(=O)O. The number of nitrogens with two attached hydrogens (primary N) is 2. The summed E-state index contributed by atoms with van der Waals surface area (Å²) in [5, 5.41) is 22.9. The lowest BCUT2D eigenvalue weighted by atomic mass is 10.0. The predicted molar refractivity (Wildman–Crippen MR) is 114 cm³/mol. The molecule has 0 saturated carbocycles. The molecule has 2 amide bonds. The minimum Gasteiger partial charge on any atom is -0.465 e. The van der Waals surface area contributed by atoms with Gasteiger partial charge in [-0.2, -0.15) is 0 Å². The number of carbonyl (C=O) groups excluding carboxylic acids is 2. The lowest BCUT2D eigenvalue weighted by molar-refractivity contribution is -0.143. The second kappa shape index (κ2) is 9.94. The Morgan fingerprint density at radius 1 is 1.47 bits per heavy atom. The van der Waals surface area contributed by atoms with Gasteiger partial charge in [0.1, 0.15) is 18.3 Å². The van der Waals surface area contributed by atoms with Gasteiger partial charge in [-0.25, -0.2) is 13.5 Å². The van der Waals surface area contributed by atoms with Crippen LogP contribution in [-0.2, 0) is 25.7 Å². The van der Waals surface area contributed by atoms with Crippen molar-refractivity contribution in [1.29, 1.82) is 5.41 Å². The highest BCUT2D eigenvalue weighted by molar-refractivity contribution is 7.77. The van der Waals surface area contributed by atoms with Crippen molar-refractivity contribution in [1.82, 2.24) is 24.8 Å². The monoisotopic (exact) mass is 503 g/mol. The van der Waals surface area contributed by atoms with Gasteiger partial charge in [-0.1, -0.05) is 21.6 Å². The molecular formula is C14H17N9O6S3. The van der Waals surface area contributed by atoms with Gasteiger partial charge in [-0.05, 0) is 6.92 Å². The number of amides is 2. The van der Waals surface area contributed by atoms with Gasteiger partial charge in [0.05, 0.1) is 6.04 Å². The number of nitrogens with one attached hydrogen (secondary N) is 2. The molecule has 3 atom stereocenters. The fraction of sp³-hybridized carbons (Fsp3) is 0.357. The number of amidine groups is 1. The quantitative estimate of drug-likeness (QED) is 0.0625. The molecule has 18 heteroatoms. The minimum atomic E-state index is -2.48. The van der Waals surface area contributed by atoms with E-state index in [1.54, 1.807) is 0 Å². The van der Waals surface area contributed by atoms with Crippen molar-refractivity contribution in [3.05, 3.63) is 16.1 Å². The average Bonchev–Trinajstić information content (AvgIpc) is 3.37. The molecule has 32 heavy (non-hydrogen) atoms. The first-order valence-electron chi connectivity index (χ1n) is 8.66. The Kier molecular flexibility index (Phi) is 7.28. The maximum atomic E-state index is 12.7. The number of aromatic nitrogens is 3. The van der Waals surface area contributed by atoms with E-state index in [4.69, 9.17) is 31.0 Å². The van der Waals surface area contributed by atoms with E-state index < -0.39 is 35.2 Å². The molecule has 172 valence electrons. The van der Waals surface area contributed by atoms with E-state index >= 15 is 0 Å². The number of nitrogens with zero attached hydrogens (tertiary/aromatic N) is 5. The highest BCUT2D eigenvalue weighted by Crippen LogP contribution is 2.21. The summed E-state index contributed by atoms with van der Waals surface area (Å²) in [6.45, 7) is 1.43. The second-order valence-electron chi connectivity index (χ2n) is 6.07. The molecule has 0 aliphatic carbocycles. The first-order valence-corrected chi connectivity index (χ1v) is 11.4. The highest BCUT2D eigenvalue weighted by atomic mass is 32.2. The third-order valence-electron chi connectivity index (χ3n) is 3.96. The van der Waals surface area contributed by atoms with Gasteiger partial charge in [0.15, 0.2) is 28.3 Å². The number of carbonyl (C=O) groups is 2. The lowest BCUT2D eigenvalue weighted by Crippen LogP contribution is -2.70. The zero-order valence-electron chi connectivity index (χ0n) is 16.3. The Bertz CT molecular complexity index is 1090. The maximum Gasteiger partial charge on any atom is 0.294 e. The molecule has 1 fully saturated rings. The van der Waals surface area contributed by atoms with Crippen LogP contribution in [0, 0.1) is 5.41 Å². The van der Waals surface area contributed by atoms with Gasteiger partial charge in [0.25, 0.3) is 28.3 Å². The van der Waals surface area contributed by atoms with Gasteiger partial charge in [-0.15, -0.1) is 16.4 Å². The summed E-state index contributed by atoms with van der Waals surface area (Å²) < 4.78 is 26.3. The average molecular weight is 504 g/mol. The number of nitrogen functional groups attached to an aromatic ring is 2. The summed E-state index contributed by atoms with van der Waals surface area (Å²) in [5.74, 6) is -1.72. The van der Waals surface area contributed by atoms with Gasteiger partial charge < -0.3 is 26.4 Å². The van der Waals surface area contributed by atoms with Crippen molar-refractivity contribution in [2.75, 3.05) is 18.9 Å². The molecular weight excluding hydrogens is 486 g/mol. The molecule has 0 aromatic carbocycles. The van der Waals surface area contributed by atoms with Crippen molar-refractivity contribution in [3.63, 3.8) is 0 Å². The number of hydrogen-bond acceptors (Lipinski definition) is 13. The minimum absolute atomic E-state index is 0.000436. The molecule has 1 saturated heterocycles. The molecule has 0 bridgehead atoms. The number of β-lactam (4-membered cyclic amide) rings is 1. The molecule has 3 unspecified atom stereocenters. The van der Waals surface area contributed by atoms with E-state index in [9.17, 15) is 13.8 Å². The highest BCUT2D eigenvalue weighted by Gasteiger charge is 2.49. The van der Waals surface area contributed by atoms with Crippen LogP contribution < -0.4 is 21.5 Å². The van der Waals surface area contributed by atoms with Crippen LogP contribution in [0.1, 0.15) is 17.6 Å². The fourth-order valence-electron chi connectivity index (χ4n) is 2.46. The van der Waals surface area contributed by atoms with Crippen LogP contribution in [0.4, 0.5) is 5.13 Å². The summed E-state index contributed by atoms with van der Waals surface area (Å²) in [6.07, 6.45) is 0. The van der Waals surface area contributed by atoms with Crippen LogP contribution in [0.5, 0.6) is 5.19 Å². The molecule has 3 rings (SSSR count). The standard InChI is InChI=1S/C14H17N9O6S3/c1-5-7(12(25)23(5)32(26)27)19-10(24)8(6-4-30-13(17)18-6)22-29-3-2-28-14-21-20-11(31-14)9(15)16/h4-5,7H,2-3H2,1H3,(H3,15,16)(H2,17,18)(H,19,24)(H,26,27). The zero-order valence-corrected chi connectivity index (χ0v) is 18.7. The van der Waals surface area contributed by atoms with Crippen molar-refractivity contribution in [2.24, 2.45) is 10.9 Å². The van der Waals surface area contributed by atoms with E-state index in [0.717, 1.165) is 27.0 Å². The van der Waals surface area contributed by atoms with E-state index in [-0.39, 0.29) is 45.8 Å². The van der Waals surface area contributed by atoms with Crippen molar-refractivity contribution < 1.29 is 27.9 Å². The molecule has 0 spiro atoms. The van der Waals surface area contributed by atoms with Crippen LogP contribution in [0.3, 0.4) is 0 Å². The first-order chi connectivity index (χ1) is 15.2. The predicted octanol–water partition coefficient (Wildman–Crippen LogP) is -1.49.